The third-order valence-electron chi connectivity index (χ3n) is 2.89. The number of aromatic nitrogens is 1. The number of pyridine rings is 1. The summed E-state index contributed by atoms with van der Waals surface area (Å²) in [5, 5.41) is 0.861. The SMILES string of the molecule is COc1ccc(Br)c2nc(C(C)(C)C)cc(N)c12. The highest BCUT2D eigenvalue weighted by Crippen LogP contribution is 2.36. The summed E-state index contributed by atoms with van der Waals surface area (Å²) in [5.41, 5.74) is 8.64. The number of hydrogen-bond acceptors (Lipinski definition) is 3. The molecule has 0 bridgehead atoms. The zero-order valence-corrected chi connectivity index (χ0v) is 12.6. The zero-order valence-electron chi connectivity index (χ0n) is 11.0. The Hall–Kier alpha value is -1.29. The fraction of sp³-hybridized carbons (Fsp3) is 0.357. The van der Waals surface area contributed by atoms with Crippen molar-refractivity contribution in [3.8, 4) is 5.75 Å². The molecule has 2 N–H and O–H groups in total. The monoisotopic (exact) mass is 308 g/mol. The normalized spacial score (nSPS) is 11.8. The van der Waals surface area contributed by atoms with E-state index in [0.717, 1.165) is 26.8 Å². The summed E-state index contributed by atoms with van der Waals surface area (Å²) in [7, 11) is 1.64. The highest BCUT2D eigenvalue weighted by atomic mass is 79.9. The van der Waals surface area contributed by atoms with Gasteiger partial charge in [0.25, 0.3) is 0 Å². The molecule has 0 aliphatic heterocycles. The molecule has 3 nitrogen and oxygen atoms in total. The lowest BCUT2D eigenvalue weighted by Gasteiger charge is -2.20. The van der Waals surface area contributed by atoms with Crippen LogP contribution in [-0.4, -0.2) is 12.1 Å². The molecule has 0 aliphatic rings. The molecule has 0 fully saturated rings. The Kier molecular flexibility index (Phi) is 3.23. The van der Waals surface area contributed by atoms with Crippen molar-refractivity contribution in [2.75, 3.05) is 12.8 Å². The van der Waals surface area contributed by atoms with Gasteiger partial charge in [-0.25, -0.2) is 0 Å². The van der Waals surface area contributed by atoms with Crippen LogP contribution < -0.4 is 10.5 Å². The average molecular weight is 309 g/mol. The van der Waals surface area contributed by atoms with E-state index in [1.165, 1.54) is 0 Å². The van der Waals surface area contributed by atoms with Gasteiger partial charge in [-0.3, -0.25) is 4.98 Å². The third-order valence-corrected chi connectivity index (χ3v) is 3.53. The van der Waals surface area contributed by atoms with E-state index in [1.54, 1.807) is 7.11 Å². The van der Waals surface area contributed by atoms with Crippen LogP contribution in [0.1, 0.15) is 26.5 Å². The molecular formula is C14H17BrN2O. The molecule has 96 valence electrons. The van der Waals surface area contributed by atoms with Crippen LogP contribution in [-0.2, 0) is 5.41 Å². The van der Waals surface area contributed by atoms with Crippen LogP contribution in [0.3, 0.4) is 0 Å². The second-order valence-corrected chi connectivity index (χ2v) is 6.17. The maximum atomic E-state index is 6.16. The van der Waals surface area contributed by atoms with Gasteiger partial charge in [-0.15, -0.1) is 0 Å². The number of benzene rings is 1. The Bertz CT molecular complexity index is 603. The number of nitrogens with two attached hydrogens (primary N) is 1. The Morgan fingerprint density at radius 3 is 2.50 bits per heavy atom. The van der Waals surface area contributed by atoms with Crippen LogP contribution in [0.15, 0.2) is 22.7 Å². The molecule has 4 heteroatoms. The maximum Gasteiger partial charge on any atom is 0.130 e. The van der Waals surface area contributed by atoms with Crippen molar-refractivity contribution < 1.29 is 4.74 Å². The molecule has 0 amide bonds. The minimum Gasteiger partial charge on any atom is -0.496 e. The number of methoxy groups -OCH3 is 1. The Balaban J connectivity index is 2.85. The van der Waals surface area contributed by atoms with Crippen LogP contribution >= 0.6 is 15.9 Å². The zero-order chi connectivity index (χ0) is 13.5. The van der Waals surface area contributed by atoms with Crippen LogP contribution in [0.2, 0.25) is 0 Å². The Morgan fingerprint density at radius 2 is 1.94 bits per heavy atom. The van der Waals surface area contributed by atoms with Gasteiger partial charge in [0.05, 0.1) is 18.0 Å². The van der Waals surface area contributed by atoms with Gasteiger partial charge >= 0.3 is 0 Å². The lowest BCUT2D eigenvalue weighted by molar-refractivity contribution is 0.420. The summed E-state index contributed by atoms with van der Waals surface area (Å²) in [6.45, 7) is 6.36. The van der Waals surface area contributed by atoms with Crippen LogP contribution in [0, 0.1) is 0 Å². The molecule has 0 atom stereocenters. The first kappa shape index (κ1) is 13.1. The number of ether oxygens (including phenoxy) is 1. The second kappa shape index (κ2) is 4.43. The molecule has 2 aromatic rings. The van der Waals surface area contributed by atoms with Gasteiger partial charge in [0.2, 0.25) is 0 Å². The van der Waals surface area contributed by atoms with Crippen molar-refractivity contribution >= 4 is 32.5 Å². The molecule has 1 aromatic carbocycles. The minimum atomic E-state index is -0.0369. The molecule has 1 heterocycles. The highest BCUT2D eigenvalue weighted by Gasteiger charge is 2.19. The van der Waals surface area contributed by atoms with Gasteiger partial charge < -0.3 is 10.5 Å². The van der Waals surface area contributed by atoms with Crippen molar-refractivity contribution in [2.24, 2.45) is 0 Å². The number of anilines is 1. The Labute approximate surface area is 115 Å². The second-order valence-electron chi connectivity index (χ2n) is 5.32. The van der Waals surface area contributed by atoms with E-state index in [2.05, 4.69) is 36.7 Å². The van der Waals surface area contributed by atoms with E-state index in [0.29, 0.717) is 5.69 Å². The van der Waals surface area contributed by atoms with Gasteiger partial charge in [-0.1, -0.05) is 20.8 Å². The van der Waals surface area contributed by atoms with E-state index in [4.69, 9.17) is 15.5 Å². The first-order valence-electron chi connectivity index (χ1n) is 5.78. The van der Waals surface area contributed by atoms with Crippen molar-refractivity contribution in [3.63, 3.8) is 0 Å². The van der Waals surface area contributed by atoms with Crippen molar-refractivity contribution in [2.45, 2.75) is 26.2 Å². The molecule has 0 saturated carbocycles. The van der Waals surface area contributed by atoms with E-state index in [1.807, 2.05) is 18.2 Å². The smallest absolute Gasteiger partial charge is 0.130 e. The molecule has 1 aromatic heterocycles. The van der Waals surface area contributed by atoms with E-state index in [9.17, 15) is 0 Å². The lowest BCUT2D eigenvalue weighted by atomic mass is 9.91. The fourth-order valence-corrected chi connectivity index (χ4v) is 2.28. The topological polar surface area (TPSA) is 48.1 Å². The highest BCUT2D eigenvalue weighted by molar-refractivity contribution is 9.10. The van der Waals surface area contributed by atoms with Gasteiger partial charge in [0.1, 0.15) is 5.75 Å². The predicted octanol–water partition coefficient (Wildman–Crippen LogP) is 3.89. The van der Waals surface area contributed by atoms with Gasteiger partial charge in [-0.05, 0) is 34.1 Å². The first-order valence-corrected chi connectivity index (χ1v) is 6.57. The van der Waals surface area contributed by atoms with E-state index < -0.39 is 0 Å². The third kappa shape index (κ3) is 2.17. The lowest BCUT2D eigenvalue weighted by Crippen LogP contribution is -2.14. The molecule has 0 unspecified atom stereocenters. The minimum absolute atomic E-state index is 0.0369. The van der Waals surface area contributed by atoms with Crippen LogP contribution in [0.25, 0.3) is 10.9 Å². The molecular weight excluding hydrogens is 292 g/mol. The molecule has 18 heavy (non-hydrogen) atoms. The summed E-state index contributed by atoms with van der Waals surface area (Å²) in [6.07, 6.45) is 0. The quantitative estimate of drug-likeness (QED) is 0.869. The summed E-state index contributed by atoms with van der Waals surface area (Å²) in [4.78, 5) is 4.71. The number of nitrogen functional groups attached to an aromatic ring is 1. The van der Waals surface area contributed by atoms with E-state index in [-0.39, 0.29) is 5.41 Å². The van der Waals surface area contributed by atoms with Crippen molar-refractivity contribution in [1.29, 1.82) is 0 Å². The van der Waals surface area contributed by atoms with Crippen LogP contribution in [0.5, 0.6) is 5.75 Å². The molecule has 2 rings (SSSR count). The average Bonchev–Trinajstić information content (AvgIpc) is 2.29. The van der Waals surface area contributed by atoms with Gasteiger partial charge in [0.15, 0.2) is 0 Å². The van der Waals surface area contributed by atoms with Gasteiger partial charge in [0, 0.05) is 21.3 Å². The summed E-state index contributed by atoms with van der Waals surface area (Å²) in [5.74, 6) is 0.749. The molecule has 0 aliphatic carbocycles. The number of fused-ring (bicyclic) bond motifs is 1. The first-order chi connectivity index (χ1) is 8.34. The van der Waals surface area contributed by atoms with Crippen molar-refractivity contribution in [3.05, 3.63) is 28.4 Å². The Morgan fingerprint density at radius 1 is 1.28 bits per heavy atom. The maximum absolute atomic E-state index is 6.16. The molecule has 0 radical (unpaired) electrons. The summed E-state index contributed by atoms with van der Waals surface area (Å²) >= 11 is 3.52. The number of nitrogens with zero attached hydrogens (tertiary/aromatic N) is 1. The van der Waals surface area contributed by atoms with Crippen LogP contribution in [0.4, 0.5) is 5.69 Å². The van der Waals surface area contributed by atoms with E-state index >= 15 is 0 Å². The molecule has 0 saturated heterocycles. The fourth-order valence-electron chi connectivity index (χ4n) is 1.86. The number of rotatable bonds is 1. The number of hydrogen-bond donors (Lipinski definition) is 1. The van der Waals surface area contributed by atoms with Crippen molar-refractivity contribution in [1.82, 2.24) is 4.98 Å². The summed E-state index contributed by atoms with van der Waals surface area (Å²) < 4.78 is 6.27. The summed E-state index contributed by atoms with van der Waals surface area (Å²) in [6, 6.07) is 5.75. The van der Waals surface area contributed by atoms with Gasteiger partial charge in [-0.2, -0.15) is 0 Å². The molecule has 0 spiro atoms. The number of halogens is 1. The standard InChI is InChI=1S/C14H17BrN2O/c1-14(2,3)11-7-9(16)12-10(18-4)6-5-8(15)13(12)17-11/h5-7H,1-4H3,(H2,16,17). The predicted molar refractivity (Wildman–Crippen MR) is 79.1 cm³/mol. The largest absolute Gasteiger partial charge is 0.496 e.